The van der Waals surface area contributed by atoms with Gasteiger partial charge in [-0.2, -0.15) is 0 Å². The number of carbonyl (C=O) groups is 2. The molecule has 0 radical (unpaired) electrons. The first-order valence-corrected chi connectivity index (χ1v) is 18.6. The highest BCUT2D eigenvalue weighted by Crippen LogP contribution is 2.20. The van der Waals surface area contributed by atoms with Gasteiger partial charge in [0.15, 0.2) is 0 Å². The van der Waals surface area contributed by atoms with Gasteiger partial charge < -0.3 is 19.3 Å². The number of carboxylic acid groups (broad SMARTS) is 1. The average Bonchev–Trinajstić information content (AvgIpc) is 3.05. The molecule has 1 N–H and O–H groups in total. The van der Waals surface area contributed by atoms with Crippen LogP contribution in [-0.4, -0.2) is 37.4 Å². The highest BCUT2D eigenvalue weighted by atomic mass is 16.5. The van der Waals surface area contributed by atoms with Gasteiger partial charge in [0.1, 0.15) is 11.5 Å². The van der Waals surface area contributed by atoms with E-state index in [4.69, 9.17) is 19.3 Å². The lowest BCUT2D eigenvalue weighted by Crippen LogP contribution is -2.03. The zero-order valence-corrected chi connectivity index (χ0v) is 30.5. The summed E-state index contributed by atoms with van der Waals surface area (Å²) in [5.41, 5.74) is 2.78. The molecule has 47 heavy (non-hydrogen) atoms. The fourth-order valence-electron chi connectivity index (χ4n) is 5.58. The molecule has 2 aromatic rings. The molecule has 0 amide bonds. The summed E-state index contributed by atoms with van der Waals surface area (Å²) >= 11 is 0. The second-order valence-corrected chi connectivity index (χ2v) is 12.9. The lowest BCUT2D eigenvalue weighted by molar-refractivity contribution is 0.0599. The molecule has 0 spiro atoms. The van der Waals surface area contributed by atoms with Crippen LogP contribution in [0.25, 0.3) is 0 Å². The van der Waals surface area contributed by atoms with Crippen molar-refractivity contribution in [3.05, 3.63) is 58.7 Å². The van der Waals surface area contributed by atoms with E-state index in [1.54, 1.807) is 18.2 Å². The number of esters is 1. The lowest BCUT2D eigenvalue weighted by atomic mass is 10.1. The van der Waals surface area contributed by atoms with Crippen molar-refractivity contribution in [3.8, 4) is 11.5 Å². The molecule has 0 fully saturated rings. The molecule has 0 aliphatic rings. The molecule has 2 aromatic carbocycles. The number of aromatic carboxylic acids is 1. The zero-order valence-electron chi connectivity index (χ0n) is 30.5. The Bertz CT molecular complexity index is 1100. The third-order valence-electron chi connectivity index (χ3n) is 8.30. The zero-order chi connectivity index (χ0) is 34.5. The first-order chi connectivity index (χ1) is 22.8. The van der Waals surface area contributed by atoms with Crippen molar-refractivity contribution in [2.75, 3.05) is 20.3 Å². The van der Waals surface area contributed by atoms with E-state index < -0.39 is 5.97 Å². The summed E-state index contributed by atoms with van der Waals surface area (Å²) in [6.07, 6.45) is 26.2. The first-order valence-electron chi connectivity index (χ1n) is 18.6. The van der Waals surface area contributed by atoms with Crippen molar-refractivity contribution in [2.24, 2.45) is 0 Å². The Balaban J connectivity index is 0.000000470. The van der Waals surface area contributed by atoms with Crippen molar-refractivity contribution in [1.82, 2.24) is 0 Å². The van der Waals surface area contributed by atoms with Gasteiger partial charge in [0.25, 0.3) is 0 Å². The molecule has 6 heteroatoms. The molecule has 266 valence electrons. The molecule has 0 aliphatic heterocycles. The summed E-state index contributed by atoms with van der Waals surface area (Å²) in [4.78, 5) is 22.6. The molecule has 0 aromatic heterocycles. The molecule has 2 rings (SSSR count). The first kappa shape index (κ1) is 42.0. The van der Waals surface area contributed by atoms with E-state index in [1.165, 1.54) is 123 Å². The maximum atomic E-state index is 11.6. The van der Waals surface area contributed by atoms with Gasteiger partial charge in [-0.05, 0) is 74.2 Å². The molecule has 0 saturated carbocycles. The minimum atomic E-state index is -0.905. The van der Waals surface area contributed by atoms with Gasteiger partial charge in [-0.3, -0.25) is 0 Å². The monoisotopic (exact) mass is 654 g/mol. The van der Waals surface area contributed by atoms with E-state index in [1.807, 2.05) is 32.0 Å². The third kappa shape index (κ3) is 22.2. The third-order valence-corrected chi connectivity index (χ3v) is 8.30. The van der Waals surface area contributed by atoms with Crippen LogP contribution in [0.5, 0.6) is 11.5 Å². The van der Waals surface area contributed by atoms with Crippen molar-refractivity contribution in [2.45, 2.75) is 156 Å². The Morgan fingerprint density at radius 3 is 1.21 bits per heavy atom. The van der Waals surface area contributed by atoms with Gasteiger partial charge in [-0.25, -0.2) is 9.59 Å². The van der Waals surface area contributed by atoms with E-state index in [-0.39, 0.29) is 5.97 Å². The number of carboxylic acids is 1. The van der Waals surface area contributed by atoms with Crippen molar-refractivity contribution in [1.29, 1.82) is 0 Å². The van der Waals surface area contributed by atoms with Crippen LogP contribution in [0.15, 0.2) is 36.4 Å². The summed E-state index contributed by atoms with van der Waals surface area (Å²) in [5.74, 6) is 0.199. The number of unbranched alkanes of at least 4 members (excludes halogenated alkanes) is 18. The summed E-state index contributed by atoms with van der Waals surface area (Å²) in [6.45, 7) is 9.73. The summed E-state index contributed by atoms with van der Waals surface area (Å²) in [6, 6.07) is 10.7. The number of carbonyl (C=O) groups excluding carboxylic acids is 1. The number of rotatable bonds is 26. The number of methoxy groups -OCH3 is 1. The maximum Gasteiger partial charge on any atom is 0.337 e. The largest absolute Gasteiger partial charge is 0.494 e. The van der Waals surface area contributed by atoms with Crippen LogP contribution in [0.4, 0.5) is 0 Å². The van der Waals surface area contributed by atoms with Crippen LogP contribution in [-0.2, 0) is 4.74 Å². The highest BCUT2D eigenvalue weighted by molar-refractivity contribution is 5.90. The number of hydrogen-bond acceptors (Lipinski definition) is 5. The normalized spacial score (nSPS) is 10.7. The number of benzene rings is 2. The minimum Gasteiger partial charge on any atom is -0.494 e. The van der Waals surface area contributed by atoms with Crippen LogP contribution >= 0.6 is 0 Å². The molecule has 6 nitrogen and oxygen atoms in total. The van der Waals surface area contributed by atoms with Crippen LogP contribution < -0.4 is 9.47 Å². The Kier molecular flexibility index (Phi) is 25.1. The number of ether oxygens (including phenoxy) is 3. The smallest absolute Gasteiger partial charge is 0.337 e. The summed E-state index contributed by atoms with van der Waals surface area (Å²) in [7, 11) is 1.40. The Morgan fingerprint density at radius 1 is 0.511 bits per heavy atom. The van der Waals surface area contributed by atoms with Gasteiger partial charge in [0.05, 0.1) is 31.5 Å². The average molecular weight is 655 g/mol. The Labute approximate surface area is 287 Å². The SMILES string of the molecule is CCCCCCCCCCCCOc1cc(C)cc(C(=O)O)c1.CCCCCCCCCCCCOc1cc(C)cc(C(=O)OC)c1. The van der Waals surface area contributed by atoms with E-state index >= 15 is 0 Å². The van der Waals surface area contributed by atoms with E-state index in [0.29, 0.717) is 30.1 Å². The molecule has 0 bridgehead atoms. The Morgan fingerprint density at radius 2 is 0.851 bits per heavy atom. The van der Waals surface area contributed by atoms with Crippen molar-refractivity contribution < 1.29 is 28.9 Å². The second-order valence-electron chi connectivity index (χ2n) is 12.9. The predicted molar refractivity (Wildman–Crippen MR) is 195 cm³/mol. The molecule has 0 unspecified atom stereocenters. The van der Waals surface area contributed by atoms with Crippen LogP contribution in [0.1, 0.15) is 174 Å². The molecule has 0 atom stereocenters. The molecule has 0 aliphatic carbocycles. The summed E-state index contributed by atoms with van der Waals surface area (Å²) < 4.78 is 16.2. The predicted octanol–water partition coefficient (Wildman–Crippen LogP) is 12.1. The topological polar surface area (TPSA) is 82.1 Å². The Hall–Kier alpha value is -3.02. The van der Waals surface area contributed by atoms with Gasteiger partial charge in [-0.15, -0.1) is 0 Å². The maximum absolute atomic E-state index is 11.6. The van der Waals surface area contributed by atoms with Crippen molar-refractivity contribution in [3.63, 3.8) is 0 Å². The van der Waals surface area contributed by atoms with E-state index in [2.05, 4.69) is 13.8 Å². The second kappa shape index (κ2) is 28.0. The molecular formula is C41H66O6. The minimum absolute atomic E-state index is 0.295. The molecular weight excluding hydrogens is 588 g/mol. The number of hydrogen-bond donors (Lipinski definition) is 1. The van der Waals surface area contributed by atoms with Gasteiger partial charge in [-0.1, -0.05) is 129 Å². The van der Waals surface area contributed by atoms with Gasteiger partial charge in [0, 0.05) is 0 Å². The fourth-order valence-corrected chi connectivity index (χ4v) is 5.58. The van der Waals surface area contributed by atoms with Crippen molar-refractivity contribution >= 4 is 11.9 Å². The quantitative estimate of drug-likeness (QED) is 0.0803. The van der Waals surface area contributed by atoms with Gasteiger partial charge in [0.2, 0.25) is 0 Å². The highest BCUT2D eigenvalue weighted by Gasteiger charge is 2.08. The van der Waals surface area contributed by atoms with E-state index in [0.717, 1.165) is 29.7 Å². The van der Waals surface area contributed by atoms with Crippen LogP contribution in [0.2, 0.25) is 0 Å². The molecule has 0 saturated heterocycles. The number of aryl methyl sites for hydroxylation is 2. The van der Waals surface area contributed by atoms with Crippen LogP contribution in [0, 0.1) is 13.8 Å². The standard InChI is InChI=1S/C21H34O3.C20H32O3/c1-4-5-6-7-8-9-10-11-12-13-14-24-20-16-18(2)15-19(17-20)21(22)23-3;1-3-4-5-6-7-8-9-10-11-12-13-23-19-15-17(2)14-18(16-19)20(21)22/h15-17H,4-14H2,1-3H3;14-16H,3-13H2,1-2H3,(H,21,22). The van der Waals surface area contributed by atoms with Gasteiger partial charge >= 0.3 is 11.9 Å². The molecule has 0 heterocycles. The fraction of sp³-hybridized carbons (Fsp3) is 0.659. The van der Waals surface area contributed by atoms with E-state index in [9.17, 15) is 9.59 Å². The summed E-state index contributed by atoms with van der Waals surface area (Å²) in [5, 5.41) is 9.04. The lowest BCUT2D eigenvalue weighted by Gasteiger charge is -2.09. The van der Waals surface area contributed by atoms with Crippen LogP contribution in [0.3, 0.4) is 0 Å².